The van der Waals surface area contributed by atoms with Crippen molar-refractivity contribution in [2.24, 2.45) is 0 Å². The molecule has 2 aliphatic rings. The number of aromatic nitrogens is 2. The van der Waals surface area contributed by atoms with Crippen LogP contribution in [0, 0.1) is 5.82 Å². The van der Waals surface area contributed by atoms with E-state index in [0.717, 1.165) is 67.5 Å². The Morgan fingerprint density at radius 3 is 2.86 bits per heavy atom. The molecule has 1 fully saturated rings. The number of thiophene rings is 1. The maximum absolute atomic E-state index is 14.1. The predicted octanol–water partition coefficient (Wildman–Crippen LogP) is 2.35. The van der Waals surface area contributed by atoms with Crippen molar-refractivity contribution < 1.29 is 14.0 Å². The first-order valence-electron chi connectivity index (χ1n) is 9.97. The molecule has 146 valence electrons. The summed E-state index contributed by atoms with van der Waals surface area (Å²) in [6.45, 7) is 4.79. The number of morpholine rings is 1. The molecule has 5 rings (SSSR count). The van der Waals surface area contributed by atoms with Crippen LogP contribution in [0.25, 0.3) is 10.2 Å². The van der Waals surface area contributed by atoms with Crippen molar-refractivity contribution in [3.63, 3.8) is 0 Å². The van der Waals surface area contributed by atoms with Crippen LogP contribution in [-0.4, -0.2) is 36.3 Å². The molecular weight excluding hydrogens is 375 g/mol. The molecular formula is C21H24FN4OS+. The van der Waals surface area contributed by atoms with Gasteiger partial charge in [-0.15, -0.1) is 11.3 Å². The second kappa shape index (κ2) is 7.73. The van der Waals surface area contributed by atoms with E-state index in [9.17, 15) is 4.39 Å². The number of ether oxygens (including phenoxy) is 1. The summed E-state index contributed by atoms with van der Waals surface area (Å²) in [5.74, 6) is 1.53. The quantitative estimate of drug-likeness (QED) is 0.692. The van der Waals surface area contributed by atoms with E-state index in [1.165, 1.54) is 27.8 Å². The zero-order valence-electron chi connectivity index (χ0n) is 15.8. The van der Waals surface area contributed by atoms with Gasteiger partial charge in [-0.3, -0.25) is 0 Å². The monoisotopic (exact) mass is 399 g/mol. The molecule has 1 aliphatic carbocycles. The van der Waals surface area contributed by atoms with Gasteiger partial charge in [-0.1, -0.05) is 18.2 Å². The summed E-state index contributed by atoms with van der Waals surface area (Å²) in [6, 6.07) is 6.90. The van der Waals surface area contributed by atoms with Gasteiger partial charge >= 0.3 is 0 Å². The summed E-state index contributed by atoms with van der Waals surface area (Å²) in [6.07, 6.45) is 3.41. The van der Waals surface area contributed by atoms with E-state index in [1.807, 2.05) is 12.1 Å². The lowest BCUT2D eigenvalue weighted by Gasteiger charge is -2.23. The standard InChI is InChI=1S/C21H23FN4OS/c22-16-6-2-1-4-14(16)12-23-20-19-15-5-3-7-17(15)28-21(19)25-18(24-20)13-26-8-10-27-11-9-26/h1-2,4,6H,3,5,7-13H2,(H,23,24,25)/p+1. The van der Waals surface area contributed by atoms with Gasteiger partial charge in [0.05, 0.1) is 18.6 Å². The van der Waals surface area contributed by atoms with Crippen LogP contribution in [0.5, 0.6) is 0 Å². The van der Waals surface area contributed by atoms with Crippen molar-refractivity contribution in [2.45, 2.75) is 32.4 Å². The van der Waals surface area contributed by atoms with Gasteiger partial charge in [0.25, 0.3) is 0 Å². The molecule has 28 heavy (non-hydrogen) atoms. The Kier molecular flexibility index (Phi) is 4.96. The van der Waals surface area contributed by atoms with Crippen molar-refractivity contribution in [1.29, 1.82) is 0 Å². The molecule has 7 heteroatoms. The maximum Gasteiger partial charge on any atom is 0.187 e. The molecule has 2 N–H and O–H groups in total. The van der Waals surface area contributed by atoms with Crippen LogP contribution in [0.3, 0.4) is 0 Å². The van der Waals surface area contributed by atoms with Crippen molar-refractivity contribution in [2.75, 3.05) is 31.6 Å². The van der Waals surface area contributed by atoms with Crippen LogP contribution in [-0.2, 0) is 30.7 Å². The van der Waals surface area contributed by atoms with Crippen LogP contribution in [0.2, 0.25) is 0 Å². The second-order valence-corrected chi connectivity index (χ2v) is 8.59. The first-order chi connectivity index (χ1) is 13.8. The lowest BCUT2D eigenvalue weighted by atomic mass is 10.1. The van der Waals surface area contributed by atoms with Crippen molar-refractivity contribution in [1.82, 2.24) is 9.97 Å². The van der Waals surface area contributed by atoms with E-state index in [2.05, 4.69) is 5.32 Å². The van der Waals surface area contributed by atoms with E-state index in [4.69, 9.17) is 14.7 Å². The van der Waals surface area contributed by atoms with Gasteiger partial charge in [0.1, 0.15) is 36.1 Å². The molecule has 3 heterocycles. The van der Waals surface area contributed by atoms with E-state index in [0.29, 0.717) is 12.1 Å². The topological polar surface area (TPSA) is 51.5 Å². The molecule has 1 aliphatic heterocycles. The van der Waals surface area contributed by atoms with Gasteiger partial charge < -0.3 is 15.0 Å². The fourth-order valence-corrected chi connectivity index (χ4v) is 5.41. The minimum absolute atomic E-state index is 0.186. The number of quaternary nitrogens is 1. The van der Waals surface area contributed by atoms with Crippen molar-refractivity contribution in [3.05, 3.63) is 51.9 Å². The van der Waals surface area contributed by atoms with Gasteiger partial charge in [-0.25, -0.2) is 14.4 Å². The minimum Gasteiger partial charge on any atom is -0.370 e. The molecule has 5 nitrogen and oxygen atoms in total. The van der Waals surface area contributed by atoms with E-state index in [1.54, 1.807) is 17.4 Å². The van der Waals surface area contributed by atoms with Gasteiger partial charge in [0.2, 0.25) is 0 Å². The van der Waals surface area contributed by atoms with E-state index < -0.39 is 0 Å². The summed E-state index contributed by atoms with van der Waals surface area (Å²) < 4.78 is 19.5. The van der Waals surface area contributed by atoms with E-state index >= 15 is 0 Å². The third-order valence-corrected chi connectivity index (χ3v) is 6.81. The number of hydrogen-bond donors (Lipinski definition) is 2. The van der Waals surface area contributed by atoms with Crippen LogP contribution in [0.15, 0.2) is 24.3 Å². The highest BCUT2D eigenvalue weighted by molar-refractivity contribution is 7.19. The Morgan fingerprint density at radius 2 is 2.00 bits per heavy atom. The number of nitrogens with one attached hydrogen (secondary N) is 2. The normalized spacial score (nSPS) is 17.2. The van der Waals surface area contributed by atoms with Gasteiger partial charge in [0, 0.05) is 17.0 Å². The molecule has 3 aromatic rings. The first-order valence-corrected chi connectivity index (χ1v) is 10.8. The number of anilines is 1. The minimum atomic E-state index is -0.186. The fraction of sp³-hybridized carbons (Fsp3) is 0.429. The second-order valence-electron chi connectivity index (χ2n) is 7.51. The molecule has 0 saturated carbocycles. The number of benzene rings is 1. The fourth-order valence-electron chi connectivity index (χ4n) is 4.13. The largest absolute Gasteiger partial charge is 0.370 e. The zero-order valence-corrected chi connectivity index (χ0v) is 16.6. The number of hydrogen-bond acceptors (Lipinski definition) is 5. The SMILES string of the molecule is Fc1ccccc1CNc1nc(C[NH+]2CCOCC2)nc2sc3c(c12)CCC3. The average molecular weight is 400 g/mol. The number of aryl methyl sites for hydroxylation is 2. The number of nitrogens with zero attached hydrogens (tertiary/aromatic N) is 2. The third-order valence-electron chi connectivity index (χ3n) is 5.62. The Labute approximate surface area is 167 Å². The van der Waals surface area contributed by atoms with Crippen LogP contribution < -0.4 is 10.2 Å². The van der Waals surface area contributed by atoms with Crippen LogP contribution >= 0.6 is 11.3 Å². The van der Waals surface area contributed by atoms with Crippen molar-refractivity contribution >= 4 is 27.4 Å². The first kappa shape index (κ1) is 18.0. The Bertz CT molecular complexity index is 999. The molecule has 0 spiro atoms. The average Bonchev–Trinajstić information content (AvgIpc) is 3.29. The number of rotatable bonds is 5. The molecule has 0 bridgehead atoms. The smallest absolute Gasteiger partial charge is 0.187 e. The molecule has 2 aromatic heterocycles. The molecule has 0 atom stereocenters. The highest BCUT2D eigenvalue weighted by atomic mass is 32.1. The highest BCUT2D eigenvalue weighted by Gasteiger charge is 2.24. The van der Waals surface area contributed by atoms with Crippen molar-refractivity contribution in [3.8, 4) is 0 Å². The molecule has 1 saturated heterocycles. The van der Waals surface area contributed by atoms with Gasteiger partial charge in [0.15, 0.2) is 5.82 Å². The zero-order chi connectivity index (χ0) is 18.9. The summed E-state index contributed by atoms with van der Waals surface area (Å²) in [5, 5.41) is 4.57. The highest BCUT2D eigenvalue weighted by Crippen LogP contribution is 2.39. The molecule has 1 aromatic carbocycles. The summed E-state index contributed by atoms with van der Waals surface area (Å²) >= 11 is 1.80. The maximum atomic E-state index is 14.1. The summed E-state index contributed by atoms with van der Waals surface area (Å²) in [7, 11) is 0. The Balaban J connectivity index is 1.48. The third kappa shape index (κ3) is 3.50. The lowest BCUT2D eigenvalue weighted by molar-refractivity contribution is -0.922. The Morgan fingerprint density at radius 1 is 1.14 bits per heavy atom. The van der Waals surface area contributed by atoms with Crippen LogP contribution in [0.4, 0.5) is 10.2 Å². The van der Waals surface area contributed by atoms with Gasteiger partial charge in [-0.2, -0.15) is 0 Å². The summed E-state index contributed by atoms with van der Waals surface area (Å²) in [5.41, 5.74) is 2.04. The molecule has 0 radical (unpaired) electrons. The summed E-state index contributed by atoms with van der Waals surface area (Å²) in [4.78, 5) is 13.7. The van der Waals surface area contributed by atoms with E-state index in [-0.39, 0.29) is 5.82 Å². The van der Waals surface area contributed by atoms with Crippen LogP contribution in [0.1, 0.15) is 28.2 Å². The lowest BCUT2D eigenvalue weighted by Crippen LogP contribution is -3.12. The number of fused-ring (bicyclic) bond motifs is 3. The van der Waals surface area contributed by atoms with Gasteiger partial charge in [-0.05, 0) is 30.9 Å². The predicted molar refractivity (Wildman–Crippen MR) is 108 cm³/mol. The molecule has 0 unspecified atom stereocenters. The molecule has 0 amide bonds. The number of halogens is 1. The Hall–Kier alpha value is -2.09.